The number of fused-ring (bicyclic) bond motifs is 2. The molecular weight excluding hydrogens is 400 g/mol. The lowest BCUT2D eigenvalue weighted by molar-refractivity contribution is -0.142. The zero-order valence-corrected chi connectivity index (χ0v) is 18.2. The summed E-state index contributed by atoms with van der Waals surface area (Å²) in [7, 11) is -1.85. The van der Waals surface area contributed by atoms with Crippen molar-refractivity contribution in [2.24, 2.45) is 0 Å². The number of pyridine rings is 1. The Bertz CT molecular complexity index is 1110. The maximum atomic E-state index is 12.1. The third-order valence-electron chi connectivity index (χ3n) is 5.96. The summed E-state index contributed by atoms with van der Waals surface area (Å²) < 4.78 is 29.0. The zero-order valence-electron chi connectivity index (χ0n) is 17.3. The number of carbonyl (C=O) groups is 1. The van der Waals surface area contributed by atoms with Gasteiger partial charge >= 0.3 is 5.97 Å². The number of carbonyl (C=O) groups excluding carboxylic acids is 1. The molecule has 0 spiro atoms. The number of benzene rings is 1. The van der Waals surface area contributed by atoms with Crippen LogP contribution in [0, 0.1) is 0 Å². The number of hydrogen-bond acceptors (Lipinski definition) is 6. The molecule has 158 valence electrons. The highest BCUT2D eigenvalue weighted by Crippen LogP contribution is 2.38. The van der Waals surface area contributed by atoms with E-state index in [0.29, 0.717) is 11.4 Å². The van der Waals surface area contributed by atoms with Crippen LogP contribution < -0.4 is 0 Å². The molecule has 2 aromatic rings. The van der Waals surface area contributed by atoms with Crippen LogP contribution in [0.5, 0.6) is 0 Å². The maximum Gasteiger partial charge on any atom is 0.319 e. The van der Waals surface area contributed by atoms with Crippen LogP contribution >= 0.6 is 0 Å². The molecule has 0 bridgehead atoms. The molecule has 0 saturated carbocycles. The van der Waals surface area contributed by atoms with Crippen molar-refractivity contribution in [1.29, 1.82) is 0 Å². The number of nitrogens with zero attached hydrogens (tertiary/aromatic N) is 2. The Hall–Kier alpha value is -2.51. The van der Waals surface area contributed by atoms with Gasteiger partial charge in [0.05, 0.1) is 24.2 Å². The minimum Gasteiger partial charge on any atom is -0.468 e. The van der Waals surface area contributed by atoms with Crippen molar-refractivity contribution < 1.29 is 17.9 Å². The van der Waals surface area contributed by atoms with Gasteiger partial charge in [-0.15, -0.1) is 0 Å². The molecule has 1 aromatic heterocycles. The second-order valence-electron chi connectivity index (χ2n) is 7.93. The van der Waals surface area contributed by atoms with Crippen LogP contribution in [0.1, 0.15) is 35.2 Å². The molecule has 0 atom stereocenters. The fourth-order valence-corrected chi connectivity index (χ4v) is 5.02. The summed E-state index contributed by atoms with van der Waals surface area (Å²) in [6, 6.07) is 9.54. The number of sulfone groups is 1. The van der Waals surface area contributed by atoms with E-state index in [2.05, 4.69) is 11.0 Å². The summed E-state index contributed by atoms with van der Waals surface area (Å²) in [6.45, 7) is 1.88. The molecule has 6 nitrogen and oxygen atoms in total. The number of aromatic nitrogens is 1. The Morgan fingerprint density at radius 1 is 1.10 bits per heavy atom. The summed E-state index contributed by atoms with van der Waals surface area (Å²) in [5, 5.41) is 0. The summed E-state index contributed by atoms with van der Waals surface area (Å²) in [5.74, 6) is -0.216. The van der Waals surface area contributed by atoms with E-state index in [1.165, 1.54) is 24.5 Å². The van der Waals surface area contributed by atoms with Crippen LogP contribution in [0.3, 0.4) is 0 Å². The van der Waals surface area contributed by atoms with Crippen LogP contribution in [-0.4, -0.2) is 57.3 Å². The fraction of sp³-hybridized carbons (Fsp3) is 0.391. The molecular formula is C23H26N2O4S. The molecule has 1 aromatic carbocycles. The third kappa shape index (κ3) is 4.18. The Kier molecular flexibility index (Phi) is 5.75. The first-order chi connectivity index (χ1) is 14.4. The topological polar surface area (TPSA) is 76.6 Å². The second kappa shape index (κ2) is 8.32. The minimum absolute atomic E-state index is 0.216. The summed E-state index contributed by atoms with van der Waals surface area (Å²) in [5.41, 5.74) is 6.77. The molecule has 2 heterocycles. The Morgan fingerprint density at radius 3 is 2.53 bits per heavy atom. The minimum atomic E-state index is -3.26. The predicted octanol–water partition coefficient (Wildman–Crippen LogP) is 2.65. The molecule has 1 fully saturated rings. The number of piperidine rings is 1. The van der Waals surface area contributed by atoms with Crippen molar-refractivity contribution in [3.8, 4) is 0 Å². The monoisotopic (exact) mass is 426 g/mol. The number of rotatable bonds is 3. The average Bonchev–Trinajstić information content (AvgIpc) is 2.90. The van der Waals surface area contributed by atoms with Gasteiger partial charge in [0, 0.05) is 31.1 Å². The molecule has 1 aliphatic carbocycles. The lowest BCUT2D eigenvalue weighted by Crippen LogP contribution is -2.35. The number of methoxy groups -OCH3 is 1. The van der Waals surface area contributed by atoms with E-state index < -0.39 is 9.84 Å². The Labute approximate surface area is 177 Å². The summed E-state index contributed by atoms with van der Waals surface area (Å²) in [6.07, 6.45) is 6.36. The van der Waals surface area contributed by atoms with Gasteiger partial charge in [-0.2, -0.15) is 0 Å². The summed E-state index contributed by atoms with van der Waals surface area (Å²) in [4.78, 5) is 18.8. The van der Waals surface area contributed by atoms with Crippen LogP contribution in [0.25, 0.3) is 5.57 Å². The smallest absolute Gasteiger partial charge is 0.319 e. The SMILES string of the molecule is COC(=O)CN1CCC(=C2c3ccc(S(C)(=O)=O)cc3CCc3cccnc32)CC1. The van der Waals surface area contributed by atoms with Crippen molar-refractivity contribution in [2.75, 3.05) is 33.0 Å². The number of ether oxygens (including phenoxy) is 1. The van der Waals surface area contributed by atoms with E-state index in [1.54, 1.807) is 6.07 Å². The second-order valence-corrected chi connectivity index (χ2v) is 9.95. The van der Waals surface area contributed by atoms with E-state index in [0.717, 1.165) is 61.2 Å². The molecule has 1 aliphatic heterocycles. The number of esters is 1. The van der Waals surface area contributed by atoms with E-state index in [9.17, 15) is 13.2 Å². The first-order valence-electron chi connectivity index (χ1n) is 10.2. The highest BCUT2D eigenvalue weighted by molar-refractivity contribution is 7.90. The zero-order chi connectivity index (χ0) is 21.3. The number of hydrogen-bond donors (Lipinski definition) is 0. The summed E-state index contributed by atoms with van der Waals surface area (Å²) >= 11 is 0. The van der Waals surface area contributed by atoms with Crippen LogP contribution in [0.15, 0.2) is 47.0 Å². The van der Waals surface area contributed by atoms with Crippen molar-refractivity contribution >= 4 is 21.4 Å². The maximum absolute atomic E-state index is 12.1. The first kappa shape index (κ1) is 20.8. The van der Waals surface area contributed by atoms with Gasteiger partial charge in [0.25, 0.3) is 0 Å². The Balaban J connectivity index is 1.77. The predicted molar refractivity (Wildman–Crippen MR) is 115 cm³/mol. The van der Waals surface area contributed by atoms with E-state index in [-0.39, 0.29) is 5.97 Å². The van der Waals surface area contributed by atoms with Crippen LogP contribution in [0.4, 0.5) is 0 Å². The molecule has 4 rings (SSSR count). The van der Waals surface area contributed by atoms with Gasteiger partial charge in [-0.3, -0.25) is 14.7 Å². The Morgan fingerprint density at radius 2 is 1.83 bits per heavy atom. The van der Waals surface area contributed by atoms with Gasteiger partial charge < -0.3 is 4.74 Å². The van der Waals surface area contributed by atoms with Crippen molar-refractivity contribution in [3.63, 3.8) is 0 Å². The molecule has 1 saturated heterocycles. The average molecular weight is 427 g/mol. The lowest BCUT2D eigenvalue weighted by Gasteiger charge is -2.29. The largest absolute Gasteiger partial charge is 0.468 e. The van der Waals surface area contributed by atoms with Gasteiger partial charge in [-0.1, -0.05) is 17.7 Å². The highest BCUT2D eigenvalue weighted by atomic mass is 32.2. The third-order valence-corrected chi connectivity index (χ3v) is 7.07. The number of likely N-dealkylation sites (tertiary alicyclic amines) is 1. The standard InChI is InChI=1S/C23H26N2O4S/c1-29-21(26)15-25-12-9-16(10-13-25)22-20-8-7-19(30(2,27)28)14-18(20)6-5-17-4-3-11-24-23(17)22/h3-4,7-8,11,14H,5-6,9-10,12-13,15H2,1-2H3. The van der Waals surface area contributed by atoms with Crippen molar-refractivity contribution in [2.45, 2.75) is 30.6 Å². The van der Waals surface area contributed by atoms with Gasteiger partial charge in [-0.25, -0.2) is 8.42 Å². The van der Waals surface area contributed by atoms with Crippen molar-refractivity contribution in [1.82, 2.24) is 9.88 Å². The van der Waals surface area contributed by atoms with Gasteiger partial charge in [0.1, 0.15) is 0 Å². The van der Waals surface area contributed by atoms with Crippen LogP contribution in [0.2, 0.25) is 0 Å². The van der Waals surface area contributed by atoms with Gasteiger partial charge in [0.15, 0.2) is 9.84 Å². The lowest BCUT2D eigenvalue weighted by atomic mass is 9.88. The van der Waals surface area contributed by atoms with E-state index in [4.69, 9.17) is 9.72 Å². The first-order valence-corrected chi connectivity index (χ1v) is 12.0. The highest BCUT2D eigenvalue weighted by Gasteiger charge is 2.26. The fourth-order valence-electron chi connectivity index (χ4n) is 4.35. The normalized spacial score (nSPS) is 17.1. The quantitative estimate of drug-likeness (QED) is 0.703. The molecule has 7 heteroatoms. The molecule has 0 unspecified atom stereocenters. The van der Waals surface area contributed by atoms with E-state index in [1.807, 2.05) is 24.4 Å². The van der Waals surface area contributed by atoms with Crippen molar-refractivity contribution in [3.05, 3.63) is 64.5 Å². The molecule has 0 radical (unpaired) electrons. The molecule has 0 amide bonds. The molecule has 0 N–H and O–H groups in total. The molecule has 2 aliphatic rings. The number of aryl methyl sites for hydroxylation is 2. The van der Waals surface area contributed by atoms with Gasteiger partial charge in [-0.05, 0) is 60.6 Å². The molecule has 30 heavy (non-hydrogen) atoms. The van der Waals surface area contributed by atoms with Gasteiger partial charge in [0.2, 0.25) is 0 Å². The van der Waals surface area contributed by atoms with E-state index >= 15 is 0 Å². The van der Waals surface area contributed by atoms with Crippen LogP contribution in [-0.2, 0) is 32.2 Å².